The van der Waals surface area contributed by atoms with E-state index in [0.717, 1.165) is 10.2 Å². The molecule has 0 fully saturated rings. The second-order valence-corrected chi connectivity index (χ2v) is 6.63. The molecule has 0 amide bonds. The second-order valence-electron chi connectivity index (χ2n) is 5.25. The van der Waals surface area contributed by atoms with Gasteiger partial charge in [0.05, 0.1) is 12.8 Å². The average molecular weight is 390 g/mol. The van der Waals surface area contributed by atoms with E-state index >= 15 is 0 Å². The van der Waals surface area contributed by atoms with Gasteiger partial charge in [-0.05, 0) is 23.8 Å². The summed E-state index contributed by atoms with van der Waals surface area (Å²) < 4.78 is 6.21. The van der Waals surface area contributed by atoms with Gasteiger partial charge >= 0.3 is 5.56 Å². The van der Waals surface area contributed by atoms with Crippen LogP contribution in [0, 0.1) is 0 Å². The van der Waals surface area contributed by atoms with Gasteiger partial charge in [0.25, 0.3) is 0 Å². The van der Waals surface area contributed by atoms with Gasteiger partial charge < -0.3 is 15.9 Å². The molecule has 0 spiro atoms. The molecule has 7 nitrogen and oxygen atoms in total. The minimum absolute atomic E-state index is 0.0165. The standard InChI is InChI=1S/C17H16ClN5O2S/c1-25-14-8-7-12(18)9-13(14)20-15-16(24)23(19)17(22-21-15)26-10-11-5-3-2-4-6-11/h2-9H,10,19H2,1H3,(H,20,21). The van der Waals surface area contributed by atoms with Crippen molar-refractivity contribution >= 4 is 34.9 Å². The van der Waals surface area contributed by atoms with E-state index in [1.165, 1.54) is 18.9 Å². The number of nitrogens with two attached hydrogens (primary N) is 1. The molecule has 0 bridgehead atoms. The van der Waals surface area contributed by atoms with Crippen LogP contribution in [0.25, 0.3) is 0 Å². The van der Waals surface area contributed by atoms with Gasteiger partial charge in [0, 0.05) is 10.8 Å². The Kier molecular flexibility index (Phi) is 5.65. The molecule has 1 aromatic heterocycles. The van der Waals surface area contributed by atoms with Crippen LogP contribution in [-0.2, 0) is 5.75 Å². The van der Waals surface area contributed by atoms with Crippen molar-refractivity contribution in [2.24, 2.45) is 0 Å². The molecule has 3 N–H and O–H groups in total. The average Bonchev–Trinajstić information content (AvgIpc) is 2.66. The smallest absolute Gasteiger partial charge is 0.315 e. The number of aromatic nitrogens is 3. The predicted molar refractivity (Wildman–Crippen MR) is 104 cm³/mol. The Balaban J connectivity index is 1.82. The van der Waals surface area contributed by atoms with Gasteiger partial charge in [-0.15, -0.1) is 10.2 Å². The van der Waals surface area contributed by atoms with E-state index in [9.17, 15) is 4.79 Å². The predicted octanol–water partition coefficient (Wildman–Crippen LogP) is 3.05. The summed E-state index contributed by atoms with van der Waals surface area (Å²) in [4.78, 5) is 12.5. The Bertz CT molecular complexity index is 965. The van der Waals surface area contributed by atoms with Gasteiger partial charge in [-0.1, -0.05) is 53.7 Å². The van der Waals surface area contributed by atoms with Crippen LogP contribution in [0.4, 0.5) is 11.5 Å². The molecule has 0 unspecified atom stereocenters. The van der Waals surface area contributed by atoms with E-state index in [2.05, 4.69) is 15.5 Å². The number of ether oxygens (including phenoxy) is 1. The third-order valence-corrected chi connectivity index (χ3v) is 4.74. The molecule has 0 aliphatic heterocycles. The molecule has 3 rings (SSSR count). The first-order chi connectivity index (χ1) is 12.6. The van der Waals surface area contributed by atoms with Crippen LogP contribution in [0.15, 0.2) is 58.5 Å². The summed E-state index contributed by atoms with van der Waals surface area (Å²) >= 11 is 7.32. The number of nitrogen functional groups attached to an aromatic ring is 1. The van der Waals surface area contributed by atoms with Crippen LogP contribution in [0.1, 0.15) is 5.56 Å². The molecule has 26 heavy (non-hydrogen) atoms. The number of nitrogens with one attached hydrogen (secondary N) is 1. The summed E-state index contributed by atoms with van der Waals surface area (Å²) in [6.07, 6.45) is 0. The monoisotopic (exact) mass is 389 g/mol. The third kappa shape index (κ3) is 4.09. The highest BCUT2D eigenvalue weighted by molar-refractivity contribution is 7.98. The summed E-state index contributed by atoms with van der Waals surface area (Å²) in [5, 5.41) is 11.7. The number of hydrogen-bond acceptors (Lipinski definition) is 7. The molecule has 0 saturated heterocycles. The third-order valence-electron chi connectivity index (χ3n) is 3.49. The van der Waals surface area contributed by atoms with Crippen LogP contribution in [0.2, 0.25) is 5.02 Å². The lowest BCUT2D eigenvalue weighted by Gasteiger charge is -2.12. The molecule has 3 aromatic rings. The number of benzene rings is 2. The van der Waals surface area contributed by atoms with Crippen molar-refractivity contribution in [1.29, 1.82) is 0 Å². The number of methoxy groups -OCH3 is 1. The maximum absolute atomic E-state index is 12.5. The minimum atomic E-state index is -0.502. The summed E-state index contributed by atoms with van der Waals surface area (Å²) in [7, 11) is 1.52. The first-order valence-corrected chi connectivity index (χ1v) is 8.97. The van der Waals surface area contributed by atoms with E-state index in [-0.39, 0.29) is 5.82 Å². The van der Waals surface area contributed by atoms with Crippen LogP contribution in [-0.4, -0.2) is 22.0 Å². The summed E-state index contributed by atoms with van der Waals surface area (Å²) in [6, 6.07) is 14.8. The SMILES string of the molecule is COc1ccc(Cl)cc1Nc1nnc(SCc2ccccc2)n(N)c1=O. The van der Waals surface area contributed by atoms with E-state index < -0.39 is 5.56 Å². The Morgan fingerprint density at radius 1 is 1.23 bits per heavy atom. The number of hydrogen-bond donors (Lipinski definition) is 2. The van der Waals surface area contributed by atoms with Crippen molar-refractivity contribution in [3.05, 3.63) is 69.5 Å². The molecule has 134 valence electrons. The van der Waals surface area contributed by atoms with Gasteiger partial charge in [-0.25, -0.2) is 0 Å². The van der Waals surface area contributed by atoms with E-state index in [0.29, 0.717) is 27.4 Å². The number of nitrogens with zero attached hydrogens (tertiary/aromatic N) is 3. The molecule has 2 aromatic carbocycles. The van der Waals surface area contributed by atoms with Crippen molar-refractivity contribution in [3.63, 3.8) is 0 Å². The normalized spacial score (nSPS) is 10.5. The lowest BCUT2D eigenvalue weighted by molar-refractivity contribution is 0.417. The molecule has 0 radical (unpaired) electrons. The van der Waals surface area contributed by atoms with E-state index in [1.54, 1.807) is 18.2 Å². The van der Waals surface area contributed by atoms with Gasteiger partial charge in [-0.3, -0.25) is 4.79 Å². The Morgan fingerprint density at radius 3 is 2.73 bits per heavy atom. The fourth-order valence-corrected chi connectivity index (χ4v) is 3.17. The van der Waals surface area contributed by atoms with Crippen molar-refractivity contribution in [2.75, 3.05) is 18.3 Å². The number of halogens is 1. The highest BCUT2D eigenvalue weighted by atomic mass is 35.5. The lowest BCUT2D eigenvalue weighted by atomic mass is 10.2. The number of anilines is 2. The quantitative estimate of drug-likeness (QED) is 0.494. The van der Waals surface area contributed by atoms with Crippen molar-refractivity contribution < 1.29 is 4.74 Å². The number of rotatable bonds is 6. The molecular weight excluding hydrogens is 374 g/mol. The second kappa shape index (κ2) is 8.11. The summed E-state index contributed by atoms with van der Waals surface area (Å²) in [5.74, 6) is 7.01. The number of thioether (sulfide) groups is 1. The molecule has 0 atom stereocenters. The molecule has 0 aliphatic rings. The van der Waals surface area contributed by atoms with Gasteiger partial charge in [0.2, 0.25) is 11.0 Å². The van der Waals surface area contributed by atoms with Gasteiger partial charge in [0.15, 0.2) is 0 Å². The van der Waals surface area contributed by atoms with Crippen molar-refractivity contribution in [1.82, 2.24) is 14.9 Å². The summed E-state index contributed by atoms with van der Waals surface area (Å²) in [5.41, 5.74) is 1.09. The van der Waals surface area contributed by atoms with Gasteiger partial charge in [0.1, 0.15) is 5.75 Å². The van der Waals surface area contributed by atoms with Crippen LogP contribution >= 0.6 is 23.4 Å². The van der Waals surface area contributed by atoms with Crippen LogP contribution < -0.4 is 21.5 Å². The Morgan fingerprint density at radius 2 is 2.00 bits per heavy atom. The van der Waals surface area contributed by atoms with Crippen molar-refractivity contribution in [3.8, 4) is 5.75 Å². The first-order valence-electron chi connectivity index (χ1n) is 7.60. The highest BCUT2D eigenvalue weighted by Gasteiger charge is 2.13. The molecular formula is C17H16ClN5O2S. The van der Waals surface area contributed by atoms with Gasteiger partial charge in [-0.2, -0.15) is 4.68 Å². The van der Waals surface area contributed by atoms with E-state index in [4.69, 9.17) is 22.2 Å². The minimum Gasteiger partial charge on any atom is -0.495 e. The van der Waals surface area contributed by atoms with Crippen LogP contribution in [0.5, 0.6) is 5.75 Å². The van der Waals surface area contributed by atoms with E-state index in [1.807, 2.05) is 30.3 Å². The Hall–Kier alpha value is -2.71. The zero-order valence-electron chi connectivity index (χ0n) is 13.8. The maximum Gasteiger partial charge on any atom is 0.315 e. The summed E-state index contributed by atoms with van der Waals surface area (Å²) in [6.45, 7) is 0. The Labute approximate surface area is 159 Å². The molecule has 0 saturated carbocycles. The maximum atomic E-state index is 12.5. The fraction of sp³-hybridized carbons (Fsp3) is 0.118. The largest absolute Gasteiger partial charge is 0.495 e. The molecule has 0 aliphatic carbocycles. The highest BCUT2D eigenvalue weighted by Crippen LogP contribution is 2.29. The van der Waals surface area contributed by atoms with Crippen molar-refractivity contribution in [2.45, 2.75) is 10.9 Å². The lowest BCUT2D eigenvalue weighted by Crippen LogP contribution is -2.32. The zero-order valence-corrected chi connectivity index (χ0v) is 15.4. The molecule has 9 heteroatoms. The fourth-order valence-electron chi connectivity index (χ4n) is 2.19. The first kappa shape index (κ1) is 18.1. The molecule has 1 heterocycles. The zero-order chi connectivity index (χ0) is 18.5. The van der Waals surface area contributed by atoms with Crippen LogP contribution in [0.3, 0.4) is 0 Å². The topological polar surface area (TPSA) is 95.1 Å².